The standard InChI is InChI=1S/C10H11NOS/c1-12-8-13-7-10-4-2-9(6-11)3-5-10/h2-5H,7-8H2,1H3. The fourth-order valence-electron chi connectivity index (χ4n) is 0.918. The van der Waals surface area contributed by atoms with Gasteiger partial charge in [-0.2, -0.15) is 5.26 Å². The van der Waals surface area contributed by atoms with E-state index in [0.717, 1.165) is 5.75 Å². The van der Waals surface area contributed by atoms with Crippen molar-refractivity contribution in [3.8, 4) is 6.07 Å². The van der Waals surface area contributed by atoms with E-state index in [-0.39, 0.29) is 0 Å². The highest BCUT2D eigenvalue weighted by molar-refractivity contribution is 7.98. The molecule has 1 rings (SSSR count). The van der Waals surface area contributed by atoms with E-state index >= 15 is 0 Å². The number of hydrogen-bond acceptors (Lipinski definition) is 3. The molecule has 1 aromatic carbocycles. The van der Waals surface area contributed by atoms with Crippen LogP contribution < -0.4 is 0 Å². The first-order valence-electron chi connectivity index (χ1n) is 3.92. The van der Waals surface area contributed by atoms with Gasteiger partial charge in [-0.05, 0) is 17.7 Å². The second-order valence-electron chi connectivity index (χ2n) is 2.56. The molecule has 0 radical (unpaired) electrons. The lowest BCUT2D eigenvalue weighted by molar-refractivity contribution is 0.259. The third kappa shape index (κ3) is 3.49. The third-order valence-corrected chi connectivity index (χ3v) is 2.49. The maximum absolute atomic E-state index is 8.57. The number of hydrogen-bond donors (Lipinski definition) is 0. The van der Waals surface area contributed by atoms with E-state index in [0.29, 0.717) is 11.5 Å². The van der Waals surface area contributed by atoms with Crippen LogP contribution in [0, 0.1) is 11.3 Å². The summed E-state index contributed by atoms with van der Waals surface area (Å²) < 4.78 is 4.92. The van der Waals surface area contributed by atoms with Crippen LogP contribution in [0.1, 0.15) is 11.1 Å². The Hall–Kier alpha value is -0.980. The highest BCUT2D eigenvalue weighted by atomic mass is 32.2. The maximum Gasteiger partial charge on any atom is 0.0991 e. The third-order valence-electron chi connectivity index (χ3n) is 1.55. The van der Waals surface area contributed by atoms with E-state index in [1.807, 2.05) is 24.3 Å². The van der Waals surface area contributed by atoms with Crippen LogP contribution in [0.2, 0.25) is 0 Å². The van der Waals surface area contributed by atoms with Gasteiger partial charge in [0.25, 0.3) is 0 Å². The Labute approximate surface area is 82.5 Å². The topological polar surface area (TPSA) is 33.0 Å². The average molecular weight is 193 g/mol. The summed E-state index contributed by atoms with van der Waals surface area (Å²) in [4.78, 5) is 0. The summed E-state index contributed by atoms with van der Waals surface area (Å²) in [6.45, 7) is 0. The summed E-state index contributed by atoms with van der Waals surface area (Å²) in [5.74, 6) is 1.64. The molecule has 0 bridgehead atoms. The van der Waals surface area contributed by atoms with E-state index in [4.69, 9.17) is 10.00 Å². The molecule has 0 aliphatic carbocycles. The SMILES string of the molecule is COCSCc1ccc(C#N)cc1. The second kappa shape index (κ2) is 5.63. The summed E-state index contributed by atoms with van der Waals surface area (Å²) in [7, 11) is 1.69. The van der Waals surface area contributed by atoms with Gasteiger partial charge in [-0.1, -0.05) is 12.1 Å². The van der Waals surface area contributed by atoms with Gasteiger partial charge in [-0.25, -0.2) is 0 Å². The number of nitriles is 1. The zero-order valence-corrected chi connectivity index (χ0v) is 8.30. The molecule has 0 aromatic heterocycles. The lowest BCUT2D eigenvalue weighted by Crippen LogP contribution is -1.85. The molecular weight excluding hydrogens is 182 g/mol. The van der Waals surface area contributed by atoms with E-state index in [1.54, 1.807) is 18.9 Å². The Bertz CT molecular complexity index is 289. The predicted molar refractivity (Wildman–Crippen MR) is 54.3 cm³/mol. The predicted octanol–water partition coefficient (Wildman–Crippen LogP) is 2.40. The largest absolute Gasteiger partial charge is 0.374 e. The zero-order chi connectivity index (χ0) is 9.52. The van der Waals surface area contributed by atoms with Crippen LogP contribution >= 0.6 is 11.8 Å². The van der Waals surface area contributed by atoms with E-state index in [9.17, 15) is 0 Å². The van der Waals surface area contributed by atoms with Gasteiger partial charge < -0.3 is 4.74 Å². The van der Waals surface area contributed by atoms with Gasteiger partial charge in [-0.15, -0.1) is 11.8 Å². The van der Waals surface area contributed by atoms with Crippen LogP contribution in [-0.2, 0) is 10.5 Å². The molecule has 0 amide bonds. The molecule has 13 heavy (non-hydrogen) atoms. The number of benzene rings is 1. The van der Waals surface area contributed by atoms with Crippen molar-refractivity contribution >= 4 is 11.8 Å². The van der Waals surface area contributed by atoms with Crippen molar-refractivity contribution in [1.82, 2.24) is 0 Å². The van der Waals surface area contributed by atoms with E-state index in [1.165, 1.54) is 5.56 Å². The molecule has 0 fully saturated rings. The fraction of sp³-hybridized carbons (Fsp3) is 0.300. The molecule has 2 nitrogen and oxygen atoms in total. The molecule has 0 aliphatic heterocycles. The van der Waals surface area contributed by atoms with Crippen LogP contribution in [0.5, 0.6) is 0 Å². The van der Waals surface area contributed by atoms with Crippen molar-refractivity contribution in [1.29, 1.82) is 5.26 Å². The summed E-state index contributed by atoms with van der Waals surface area (Å²) >= 11 is 1.71. The summed E-state index contributed by atoms with van der Waals surface area (Å²) in [5, 5.41) is 8.57. The fourth-order valence-corrected chi connectivity index (χ4v) is 1.60. The quantitative estimate of drug-likeness (QED) is 0.543. The molecule has 3 heteroatoms. The van der Waals surface area contributed by atoms with E-state index in [2.05, 4.69) is 6.07 Å². The van der Waals surface area contributed by atoms with Crippen LogP contribution in [0.25, 0.3) is 0 Å². The second-order valence-corrected chi connectivity index (χ2v) is 3.50. The molecule has 0 unspecified atom stereocenters. The van der Waals surface area contributed by atoms with Gasteiger partial charge in [0.1, 0.15) is 0 Å². The number of methoxy groups -OCH3 is 1. The number of thioether (sulfide) groups is 1. The van der Waals surface area contributed by atoms with Gasteiger partial charge in [-0.3, -0.25) is 0 Å². The first kappa shape index (κ1) is 10.1. The molecule has 0 N–H and O–H groups in total. The van der Waals surface area contributed by atoms with Crippen molar-refractivity contribution in [2.45, 2.75) is 5.75 Å². The minimum atomic E-state index is 0.708. The number of rotatable bonds is 4. The van der Waals surface area contributed by atoms with Gasteiger partial charge in [0.2, 0.25) is 0 Å². The van der Waals surface area contributed by atoms with Crippen molar-refractivity contribution in [2.75, 3.05) is 13.0 Å². The molecule has 1 aromatic rings. The summed E-state index contributed by atoms with van der Waals surface area (Å²) in [5.41, 5.74) is 1.93. The van der Waals surface area contributed by atoms with Crippen LogP contribution in [0.15, 0.2) is 24.3 Å². The molecule has 0 saturated carbocycles. The lowest BCUT2D eigenvalue weighted by Gasteiger charge is -2.00. The minimum Gasteiger partial charge on any atom is -0.374 e. The molecule has 0 saturated heterocycles. The lowest BCUT2D eigenvalue weighted by atomic mass is 10.2. The first-order chi connectivity index (χ1) is 6.36. The van der Waals surface area contributed by atoms with Crippen LogP contribution in [0.4, 0.5) is 0 Å². The normalized spacial score (nSPS) is 9.54. The molecule has 0 aliphatic rings. The van der Waals surface area contributed by atoms with Gasteiger partial charge in [0.05, 0.1) is 17.6 Å². The monoisotopic (exact) mass is 193 g/mol. The van der Waals surface area contributed by atoms with Crippen molar-refractivity contribution < 1.29 is 4.74 Å². The van der Waals surface area contributed by atoms with E-state index < -0.39 is 0 Å². The van der Waals surface area contributed by atoms with Crippen LogP contribution in [0.3, 0.4) is 0 Å². The highest BCUT2D eigenvalue weighted by Gasteiger charge is 1.93. The molecule has 0 spiro atoms. The minimum absolute atomic E-state index is 0.708. The van der Waals surface area contributed by atoms with Gasteiger partial charge >= 0.3 is 0 Å². The average Bonchev–Trinajstić information content (AvgIpc) is 2.19. The number of nitrogens with zero attached hydrogens (tertiary/aromatic N) is 1. The van der Waals surface area contributed by atoms with Gasteiger partial charge in [0.15, 0.2) is 0 Å². The highest BCUT2D eigenvalue weighted by Crippen LogP contribution is 2.12. The molecule has 0 heterocycles. The smallest absolute Gasteiger partial charge is 0.0991 e. The Morgan fingerprint density at radius 1 is 1.38 bits per heavy atom. The number of ether oxygens (including phenoxy) is 1. The summed E-state index contributed by atoms with van der Waals surface area (Å²) in [6.07, 6.45) is 0. The van der Waals surface area contributed by atoms with Crippen molar-refractivity contribution in [3.05, 3.63) is 35.4 Å². The molecular formula is C10H11NOS. The first-order valence-corrected chi connectivity index (χ1v) is 5.08. The molecule has 68 valence electrons. The zero-order valence-electron chi connectivity index (χ0n) is 7.49. The Morgan fingerprint density at radius 3 is 2.62 bits per heavy atom. The van der Waals surface area contributed by atoms with Crippen molar-refractivity contribution in [3.63, 3.8) is 0 Å². The Kier molecular flexibility index (Phi) is 4.37. The van der Waals surface area contributed by atoms with Gasteiger partial charge in [0, 0.05) is 12.9 Å². The Morgan fingerprint density at radius 2 is 2.08 bits per heavy atom. The Balaban J connectivity index is 2.46. The van der Waals surface area contributed by atoms with Crippen LogP contribution in [-0.4, -0.2) is 13.0 Å². The molecule has 0 atom stereocenters. The maximum atomic E-state index is 8.57. The summed E-state index contributed by atoms with van der Waals surface area (Å²) in [6, 6.07) is 9.71. The van der Waals surface area contributed by atoms with Crippen molar-refractivity contribution in [2.24, 2.45) is 0 Å².